The summed E-state index contributed by atoms with van der Waals surface area (Å²) in [6.45, 7) is 0.929. The molecule has 0 unspecified atom stereocenters. The maximum absolute atomic E-state index is 12.8. The summed E-state index contributed by atoms with van der Waals surface area (Å²) in [5.74, 6) is 0. The molecule has 19 heavy (non-hydrogen) atoms. The zero-order valence-corrected chi connectivity index (χ0v) is 11.9. The maximum Gasteiger partial charge on any atom is 0.435 e. The quantitative estimate of drug-likeness (QED) is 0.863. The third-order valence-electron chi connectivity index (χ3n) is 2.86. The van der Waals surface area contributed by atoms with E-state index in [4.69, 9.17) is 0 Å². The van der Waals surface area contributed by atoms with Crippen molar-refractivity contribution in [3.8, 4) is 0 Å². The standard InChI is InChI=1S/C12H16F3N3S/c1-17(2)6-4-5-8-7-9-10(12(13,14)15)16-18(3)11(9)19-8/h7H,4-6H2,1-3H3. The van der Waals surface area contributed by atoms with Crippen molar-refractivity contribution in [1.29, 1.82) is 0 Å². The van der Waals surface area contributed by atoms with Crippen molar-refractivity contribution in [1.82, 2.24) is 14.7 Å². The molecular weight excluding hydrogens is 275 g/mol. The van der Waals surface area contributed by atoms with E-state index in [0.29, 0.717) is 4.83 Å². The molecule has 0 saturated heterocycles. The van der Waals surface area contributed by atoms with Gasteiger partial charge < -0.3 is 4.90 Å². The molecule has 0 spiro atoms. The topological polar surface area (TPSA) is 21.1 Å². The van der Waals surface area contributed by atoms with E-state index in [9.17, 15) is 13.2 Å². The number of aromatic nitrogens is 2. The highest BCUT2D eigenvalue weighted by Crippen LogP contribution is 2.37. The first-order valence-electron chi connectivity index (χ1n) is 5.96. The molecule has 2 aromatic heterocycles. The Bertz CT molecular complexity index is 569. The minimum Gasteiger partial charge on any atom is -0.309 e. The van der Waals surface area contributed by atoms with Crippen LogP contribution in [0.25, 0.3) is 10.2 Å². The molecule has 3 nitrogen and oxygen atoms in total. The second-order valence-electron chi connectivity index (χ2n) is 4.81. The van der Waals surface area contributed by atoms with Crippen LogP contribution in [0.15, 0.2) is 6.07 Å². The molecule has 0 N–H and O–H groups in total. The highest BCUT2D eigenvalue weighted by molar-refractivity contribution is 7.18. The summed E-state index contributed by atoms with van der Waals surface area (Å²) in [6.07, 6.45) is -2.65. The monoisotopic (exact) mass is 291 g/mol. The van der Waals surface area contributed by atoms with Crippen LogP contribution in [0.2, 0.25) is 0 Å². The fourth-order valence-electron chi connectivity index (χ4n) is 1.99. The molecular formula is C12H16F3N3S. The first-order valence-corrected chi connectivity index (χ1v) is 6.78. The Balaban J connectivity index is 2.25. The zero-order valence-electron chi connectivity index (χ0n) is 11.1. The van der Waals surface area contributed by atoms with E-state index in [1.807, 2.05) is 14.1 Å². The number of rotatable bonds is 4. The second kappa shape index (κ2) is 5.13. The minimum atomic E-state index is -4.39. The summed E-state index contributed by atoms with van der Waals surface area (Å²) in [5, 5.41) is 3.79. The van der Waals surface area contributed by atoms with Crippen molar-refractivity contribution >= 4 is 21.6 Å². The Morgan fingerprint density at radius 3 is 2.63 bits per heavy atom. The molecule has 2 heterocycles. The fourth-order valence-corrected chi connectivity index (χ4v) is 3.10. The maximum atomic E-state index is 12.8. The zero-order chi connectivity index (χ0) is 14.2. The predicted octanol–water partition coefficient (Wildman–Crippen LogP) is 3.15. The summed E-state index contributed by atoms with van der Waals surface area (Å²) in [4.78, 5) is 3.64. The molecule has 7 heteroatoms. The van der Waals surface area contributed by atoms with Gasteiger partial charge in [-0.1, -0.05) is 0 Å². The van der Waals surface area contributed by atoms with Crippen LogP contribution in [0.1, 0.15) is 17.0 Å². The number of alkyl halides is 3. The van der Waals surface area contributed by atoms with Crippen LogP contribution in [-0.2, 0) is 19.6 Å². The highest BCUT2D eigenvalue weighted by atomic mass is 32.1. The molecule has 0 aromatic carbocycles. The number of thiophene rings is 1. The fraction of sp³-hybridized carbons (Fsp3) is 0.583. The molecule has 0 amide bonds. The molecule has 0 aliphatic rings. The molecule has 0 fully saturated rings. The number of fused-ring (bicyclic) bond motifs is 1. The Morgan fingerprint density at radius 2 is 2.05 bits per heavy atom. The lowest BCUT2D eigenvalue weighted by molar-refractivity contribution is -0.140. The largest absolute Gasteiger partial charge is 0.435 e. The Labute approximate surface area is 113 Å². The molecule has 0 aliphatic carbocycles. The van der Waals surface area contributed by atoms with Crippen molar-refractivity contribution in [2.75, 3.05) is 20.6 Å². The van der Waals surface area contributed by atoms with Gasteiger partial charge in [0.1, 0.15) is 4.83 Å². The lowest BCUT2D eigenvalue weighted by atomic mass is 10.2. The molecule has 2 aromatic rings. The van der Waals surface area contributed by atoms with E-state index in [-0.39, 0.29) is 5.39 Å². The Hall–Kier alpha value is -1.08. The molecule has 0 bridgehead atoms. The summed E-state index contributed by atoms with van der Waals surface area (Å²) in [6, 6.07) is 1.63. The lowest BCUT2D eigenvalue weighted by Crippen LogP contribution is -2.13. The number of halogens is 3. The van der Waals surface area contributed by atoms with Crippen molar-refractivity contribution in [2.45, 2.75) is 19.0 Å². The van der Waals surface area contributed by atoms with E-state index < -0.39 is 11.9 Å². The van der Waals surface area contributed by atoms with Gasteiger partial charge in [0.25, 0.3) is 0 Å². The van der Waals surface area contributed by atoms with Gasteiger partial charge in [0.2, 0.25) is 0 Å². The van der Waals surface area contributed by atoms with Crippen LogP contribution in [0.4, 0.5) is 13.2 Å². The third kappa shape index (κ3) is 3.09. The van der Waals surface area contributed by atoms with Crippen LogP contribution >= 0.6 is 11.3 Å². The predicted molar refractivity (Wildman–Crippen MR) is 70.5 cm³/mol. The summed E-state index contributed by atoms with van der Waals surface area (Å²) >= 11 is 1.39. The van der Waals surface area contributed by atoms with Gasteiger partial charge >= 0.3 is 6.18 Å². The molecule has 0 saturated carbocycles. The van der Waals surface area contributed by atoms with Gasteiger partial charge in [0.15, 0.2) is 5.69 Å². The third-order valence-corrected chi connectivity index (χ3v) is 4.12. The van der Waals surface area contributed by atoms with Crippen molar-refractivity contribution in [3.05, 3.63) is 16.6 Å². The summed E-state index contributed by atoms with van der Waals surface area (Å²) in [5.41, 5.74) is -0.778. The first-order chi connectivity index (χ1) is 8.79. The smallest absolute Gasteiger partial charge is 0.309 e. The van der Waals surface area contributed by atoms with Crippen LogP contribution in [0.5, 0.6) is 0 Å². The van der Waals surface area contributed by atoms with Gasteiger partial charge in [-0.25, -0.2) is 0 Å². The van der Waals surface area contributed by atoms with Crippen molar-refractivity contribution in [2.24, 2.45) is 7.05 Å². The van der Waals surface area contributed by atoms with E-state index in [0.717, 1.165) is 24.3 Å². The van der Waals surface area contributed by atoms with Gasteiger partial charge in [-0.15, -0.1) is 11.3 Å². The molecule has 106 valence electrons. The number of nitrogens with zero attached hydrogens (tertiary/aromatic N) is 3. The van der Waals surface area contributed by atoms with E-state index >= 15 is 0 Å². The molecule has 0 radical (unpaired) electrons. The van der Waals surface area contributed by atoms with E-state index in [1.165, 1.54) is 16.0 Å². The van der Waals surface area contributed by atoms with E-state index in [2.05, 4.69) is 10.00 Å². The van der Waals surface area contributed by atoms with Crippen LogP contribution in [0.3, 0.4) is 0 Å². The number of hydrogen-bond acceptors (Lipinski definition) is 3. The minimum absolute atomic E-state index is 0.222. The summed E-state index contributed by atoms with van der Waals surface area (Å²) < 4.78 is 39.8. The van der Waals surface area contributed by atoms with Gasteiger partial charge in [-0.2, -0.15) is 18.3 Å². The van der Waals surface area contributed by atoms with Gasteiger partial charge in [-0.05, 0) is 39.5 Å². The average Bonchev–Trinajstić information content (AvgIpc) is 2.78. The second-order valence-corrected chi connectivity index (χ2v) is 5.92. The average molecular weight is 291 g/mol. The number of aryl methyl sites for hydroxylation is 2. The van der Waals surface area contributed by atoms with E-state index in [1.54, 1.807) is 13.1 Å². The Morgan fingerprint density at radius 1 is 1.37 bits per heavy atom. The molecule has 0 aliphatic heterocycles. The first kappa shape index (κ1) is 14.3. The lowest BCUT2D eigenvalue weighted by Gasteiger charge is -2.07. The van der Waals surface area contributed by atoms with Crippen LogP contribution in [-0.4, -0.2) is 35.3 Å². The van der Waals surface area contributed by atoms with Crippen LogP contribution < -0.4 is 0 Å². The van der Waals surface area contributed by atoms with Gasteiger partial charge in [0, 0.05) is 17.3 Å². The summed E-state index contributed by atoms with van der Waals surface area (Å²) in [7, 11) is 5.52. The molecule has 0 atom stereocenters. The molecule has 2 rings (SSSR count). The van der Waals surface area contributed by atoms with Crippen molar-refractivity contribution in [3.63, 3.8) is 0 Å². The van der Waals surface area contributed by atoms with Gasteiger partial charge in [-0.3, -0.25) is 4.68 Å². The van der Waals surface area contributed by atoms with Gasteiger partial charge in [0.05, 0.1) is 0 Å². The number of hydrogen-bond donors (Lipinski definition) is 0. The van der Waals surface area contributed by atoms with Crippen LogP contribution in [0, 0.1) is 0 Å². The highest BCUT2D eigenvalue weighted by Gasteiger charge is 2.37. The van der Waals surface area contributed by atoms with Crippen molar-refractivity contribution < 1.29 is 13.2 Å². The SMILES string of the molecule is CN(C)CCCc1cc2c(C(F)(F)F)nn(C)c2s1. The normalized spacial score (nSPS) is 12.8. The Kier molecular flexibility index (Phi) is 3.87.